The number of benzene rings is 4. The molecule has 0 bridgehead atoms. The molecule has 0 aromatic heterocycles. The predicted octanol–water partition coefficient (Wildman–Crippen LogP) is 4.31. The van der Waals surface area contributed by atoms with E-state index >= 15 is 0 Å². The molecule has 4 aromatic carbocycles. The SMILES string of the molecule is CCCC1=[C]([Zr+2](=[C](c2ccccc2)c2ccccc2)[CH]2c3cc(C)ccc3-c3ccc(C)cc32)C(CCC)C=C1.[Cl-].[Cl-]. The summed E-state index contributed by atoms with van der Waals surface area (Å²) in [6, 6.07) is 37.3. The van der Waals surface area contributed by atoms with Crippen molar-refractivity contribution in [1.29, 1.82) is 0 Å². The van der Waals surface area contributed by atoms with Crippen molar-refractivity contribution in [3.05, 3.63) is 151 Å². The molecule has 6 rings (SSSR count). The zero-order valence-corrected chi connectivity index (χ0v) is 29.1. The molecule has 1 atom stereocenters. The molecule has 2 aliphatic carbocycles. The maximum atomic E-state index is 2.57. The number of rotatable bonds is 8. The van der Waals surface area contributed by atoms with Crippen LogP contribution >= 0.6 is 0 Å². The number of hydrogen-bond acceptors (Lipinski definition) is 0. The summed E-state index contributed by atoms with van der Waals surface area (Å²) in [5.41, 5.74) is 13.3. The van der Waals surface area contributed by atoms with Gasteiger partial charge in [0.1, 0.15) is 0 Å². The average Bonchev–Trinajstić information content (AvgIpc) is 3.50. The Kier molecular flexibility index (Phi) is 11.2. The van der Waals surface area contributed by atoms with E-state index < -0.39 is 21.3 Å². The van der Waals surface area contributed by atoms with Crippen LogP contribution in [0.25, 0.3) is 11.1 Å². The normalized spacial score (nSPS) is 14.9. The fourth-order valence-corrected chi connectivity index (χ4v) is 17.1. The first-order valence-corrected chi connectivity index (χ1v) is 19.0. The zero-order valence-electron chi connectivity index (χ0n) is 25.1. The van der Waals surface area contributed by atoms with E-state index in [1.165, 1.54) is 59.1 Å². The molecule has 0 heterocycles. The van der Waals surface area contributed by atoms with Crippen molar-refractivity contribution >= 4 is 3.21 Å². The Hall–Kier alpha value is -2.31. The molecule has 214 valence electrons. The Morgan fingerprint density at radius 3 is 1.67 bits per heavy atom. The Morgan fingerprint density at radius 2 is 1.19 bits per heavy atom. The second-order valence-corrected chi connectivity index (χ2v) is 17.6. The van der Waals surface area contributed by atoms with E-state index in [1.807, 2.05) is 3.28 Å². The van der Waals surface area contributed by atoms with Gasteiger partial charge in [-0.25, -0.2) is 0 Å². The molecule has 3 heteroatoms. The summed E-state index contributed by atoms with van der Waals surface area (Å²) < 4.78 is 3.97. The first-order chi connectivity index (χ1) is 19.6. The molecule has 4 aromatic rings. The van der Waals surface area contributed by atoms with Crippen LogP contribution in [0.5, 0.6) is 0 Å². The number of aryl methyl sites for hydroxylation is 2. The van der Waals surface area contributed by atoms with Crippen molar-refractivity contribution in [1.82, 2.24) is 0 Å². The summed E-state index contributed by atoms with van der Waals surface area (Å²) in [5, 5.41) is 0. The molecule has 0 fully saturated rings. The quantitative estimate of drug-likeness (QED) is 0.263. The number of hydrogen-bond donors (Lipinski definition) is 0. The van der Waals surface area contributed by atoms with Gasteiger partial charge in [0.25, 0.3) is 0 Å². The van der Waals surface area contributed by atoms with Gasteiger partial charge in [0.05, 0.1) is 0 Å². The summed E-state index contributed by atoms with van der Waals surface area (Å²) in [6.07, 6.45) is 9.93. The summed E-state index contributed by atoms with van der Waals surface area (Å²) in [7, 11) is 0. The molecule has 0 amide bonds. The molecule has 0 spiro atoms. The fraction of sp³-hybridized carbons (Fsp3) is 0.256. The molecular formula is C39H40Cl2Zr. The third kappa shape index (κ3) is 6.17. The van der Waals surface area contributed by atoms with Crippen molar-refractivity contribution in [2.24, 2.45) is 5.92 Å². The minimum atomic E-state index is -2.74. The van der Waals surface area contributed by atoms with Gasteiger partial charge in [-0.05, 0) is 0 Å². The van der Waals surface area contributed by atoms with E-state index in [2.05, 4.69) is 137 Å². The maximum absolute atomic E-state index is 2.74. The average molecular weight is 671 g/mol. The van der Waals surface area contributed by atoms with Crippen LogP contribution in [0.1, 0.15) is 76.5 Å². The van der Waals surface area contributed by atoms with Crippen molar-refractivity contribution in [3.63, 3.8) is 0 Å². The predicted molar refractivity (Wildman–Crippen MR) is 169 cm³/mol. The number of halogens is 2. The van der Waals surface area contributed by atoms with Gasteiger partial charge in [-0.1, -0.05) is 0 Å². The van der Waals surface area contributed by atoms with Crippen molar-refractivity contribution in [2.45, 2.75) is 57.0 Å². The fourth-order valence-electron chi connectivity index (χ4n) is 7.00. The molecule has 0 saturated carbocycles. The Bertz CT molecular complexity index is 1540. The van der Waals surface area contributed by atoms with Gasteiger partial charge < -0.3 is 24.8 Å². The Labute approximate surface area is 273 Å². The van der Waals surface area contributed by atoms with Crippen LogP contribution in [0.3, 0.4) is 0 Å². The molecular weight excluding hydrogens is 631 g/mol. The first kappa shape index (κ1) is 32.6. The summed E-state index contributed by atoms with van der Waals surface area (Å²) in [5.74, 6) is 0.561. The van der Waals surface area contributed by atoms with Gasteiger partial charge in [-0.2, -0.15) is 0 Å². The molecule has 0 aliphatic heterocycles. The van der Waals surface area contributed by atoms with Crippen molar-refractivity contribution in [3.8, 4) is 11.1 Å². The first-order valence-electron chi connectivity index (χ1n) is 15.1. The van der Waals surface area contributed by atoms with E-state index in [4.69, 9.17) is 0 Å². The minimum absolute atomic E-state index is 0. The van der Waals surface area contributed by atoms with E-state index in [1.54, 1.807) is 19.9 Å². The third-order valence-corrected chi connectivity index (χ3v) is 17.5. The largest absolute Gasteiger partial charge is 1.00 e. The summed E-state index contributed by atoms with van der Waals surface area (Å²) >= 11 is -2.74. The Morgan fingerprint density at radius 1 is 0.667 bits per heavy atom. The van der Waals surface area contributed by atoms with E-state index in [-0.39, 0.29) is 24.8 Å². The van der Waals surface area contributed by atoms with Crippen LogP contribution in [-0.4, -0.2) is 3.21 Å². The standard InChI is InChI=1S/C15H13.C13H10.C11H17.2ClH.Zr/c1-10-3-5-14-12(7-10)9-13-8-11(2)4-6-15(13)14;1-3-7-12(8-4-1)11-13-9-5-2-6-10-13;1-3-5-10-7-8-11(9-10)6-4-2;;;/h3-9H,1-2H3;1-10H;7-8,10H,3-6H2,1-2H3;2*1H;/q;;;;;+2/p-2. The second kappa shape index (κ2) is 14.4. The van der Waals surface area contributed by atoms with Crippen LogP contribution in [0.15, 0.2) is 118 Å². The summed E-state index contributed by atoms with van der Waals surface area (Å²) in [6.45, 7) is 9.25. The van der Waals surface area contributed by atoms with Crippen LogP contribution in [0.2, 0.25) is 0 Å². The summed E-state index contributed by atoms with van der Waals surface area (Å²) in [4.78, 5) is 0. The van der Waals surface area contributed by atoms with Crippen LogP contribution in [0.4, 0.5) is 0 Å². The third-order valence-electron chi connectivity index (χ3n) is 8.66. The van der Waals surface area contributed by atoms with Gasteiger partial charge in [0.2, 0.25) is 0 Å². The van der Waals surface area contributed by atoms with Crippen molar-refractivity contribution in [2.75, 3.05) is 0 Å². The monoisotopic (exact) mass is 668 g/mol. The maximum Gasteiger partial charge on any atom is -1.00 e. The van der Waals surface area contributed by atoms with Gasteiger partial charge >= 0.3 is 250 Å². The Balaban J connectivity index is 0.00000202. The van der Waals surface area contributed by atoms with Crippen molar-refractivity contribution < 1.29 is 46.1 Å². The van der Waals surface area contributed by atoms with E-state index in [0.29, 0.717) is 9.54 Å². The number of allylic oxidation sites excluding steroid dienone is 4. The smallest absolute Gasteiger partial charge is 1.00 e. The van der Waals surface area contributed by atoms with Gasteiger partial charge in [-0.15, -0.1) is 0 Å². The topological polar surface area (TPSA) is 0 Å². The second-order valence-electron chi connectivity index (χ2n) is 11.6. The van der Waals surface area contributed by atoms with E-state index in [0.717, 1.165) is 0 Å². The van der Waals surface area contributed by atoms with Crippen LogP contribution in [0, 0.1) is 19.8 Å². The van der Waals surface area contributed by atoms with Gasteiger partial charge in [-0.3, -0.25) is 0 Å². The number of fused-ring (bicyclic) bond motifs is 3. The van der Waals surface area contributed by atoms with Gasteiger partial charge in [0, 0.05) is 0 Å². The molecule has 0 saturated heterocycles. The molecule has 0 N–H and O–H groups in total. The molecule has 0 nitrogen and oxygen atoms in total. The van der Waals surface area contributed by atoms with Crippen LogP contribution in [-0.2, 0) is 21.3 Å². The van der Waals surface area contributed by atoms with Gasteiger partial charge in [0.15, 0.2) is 0 Å². The molecule has 0 radical (unpaired) electrons. The molecule has 2 aliphatic rings. The zero-order chi connectivity index (χ0) is 27.6. The molecule has 42 heavy (non-hydrogen) atoms. The molecule has 1 unspecified atom stereocenters. The van der Waals surface area contributed by atoms with Crippen LogP contribution < -0.4 is 24.8 Å². The minimum Gasteiger partial charge on any atom is -1.00 e. The van der Waals surface area contributed by atoms with E-state index in [9.17, 15) is 0 Å².